The molecule has 1 aromatic heterocycles. The maximum Gasteiger partial charge on any atom is 0.307 e. The second-order valence-electron chi connectivity index (χ2n) is 3.61. The van der Waals surface area contributed by atoms with E-state index in [4.69, 9.17) is 4.74 Å². The first-order valence-electron chi connectivity index (χ1n) is 5.64. The van der Waals surface area contributed by atoms with E-state index in [9.17, 15) is 9.18 Å². The number of esters is 1. The van der Waals surface area contributed by atoms with E-state index in [0.29, 0.717) is 23.8 Å². The zero-order valence-corrected chi connectivity index (χ0v) is 10.7. The van der Waals surface area contributed by atoms with Gasteiger partial charge in [0.1, 0.15) is 5.82 Å². The predicted molar refractivity (Wildman–Crippen MR) is 69.3 cm³/mol. The molecule has 96 valence electrons. The van der Waals surface area contributed by atoms with Crippen LogP contribution >= 0.6 is 11.3 Å². The Morgan fingerprint density at radius 2 is 2.39 bits per heavy atom. The lowest BCUT2D eigenvalue weighted by atomic mass is 10.3. The van der Waals surface area contributed by atoms with Crippen molar-refractivity contribution in [3.05, 3.63) is 24.0 Å². The van der Waals surface area contributed by atoms with Gasteiger partial charge in [-0.05, 0) is 19.1 Å². The fourth-order valence-electron chi connectivity index (χ4n) is 1.48. The highest BCUT2D eigenvalue weighted by molar-refractivity contribution is 7.22. The molecule has 0 spiro atoms. The third kappa shape index (κ3) is 3.16. The van der Waals surface area contributed by atoms with Gasteiger partial charge in [0.25, 0.3) is 0 Å². The molecule has 0 aliphatic carbocycles. The van der Waals surface area contributed by atoms with Gasteiger partial charge in [-0.3, -0.25) is 4.79 Å². The van der Waals surface area contributed by atoms with Crippen molar-refractivity contribution in [1.29, 1.82) is 0 Å². The second-order valence-corrected chi connectivity index (χ2v) is 4.64. The van der Waals surface area contributed by atoms with Crippen LogP contribution in [-0.4, -0.2) is 24.1 Å². The van der Waals surface area contributed by atoms with Crippen LogP contribution in [0, 0.1) is 5.82 Å². The number of benzene rings is 1. The van der Waals surface area contributed by atoms with Crippen LogP contribution in [0.3, 0.4) is 0 Å². The van der Waals surface area contributed by atoms with Gasteiger partial charge in [-0.25, -0.2) is 9.37 Å². The fraction of sp³-hybridized carbons (Fsp3) is 0.333. The van der Waals surface area contributed by atoms with E-state index in [2.05, 4.69) is 10.3 Å². The number of anilines is 1. The lowest BCUT2D eigenvalue weighted by Crippen LogP contribution is -2.11. The molecule has 0 bridgehead atoms. The molecule has 1 N–H and O–H groups in total. The van der Waals surface area contributed by atoms with Crippen molar-refractivity contribution in [3.63, 3.8) is 0 Å². The lowest BCUT2D eigenvalue weighted by Gasteiger charge is -2.02. The van der Waals surface area contributed by atoms with Gasteiger partial charge in [0.15, 0.2) is 5.13 Å². The summed E-state index contributed by atoms with van der Waals surface area (Å²) >= 11 is 1.43. The molecule has 18 heavy (non-hydrogen) atoms. The van der Waals surface area contributed by atoms with Crippen molar-refractivity contribution in [3.8, 4) is 0 Å². The van der Waals surface area contributed by atoms with Crippen LogP contribution in [0.25, 0.3) is 10.2 Å². The van der Waals surface area contributed by atoms with Crippen LogP contribution in [0.15, 0.2) is 18.2 Å². The van der Waals surface area contributed by atoms with E-state index in [-0.39, 0.29) is 18.2 Å². The van der Waals surface area contributed by atoms with Crippen molar-refractivity contribution < 1.29 is 13.9 Å². The summed E-state index contributed by atoms with van der Waals surface area (Å²) in [5.41, 5.74) is 0.624. The van der Waals surface area contributed by atoms with Crippen LogP contribution in [0.4, 0.5) is 9.52 Å². The van der Waals surface area contributed by atoms with Crippen molar-refractivity contribution in [2.75, 3.05) is 18.5 Å². The number of carbonyl (C=O) groups is 1. The number of ether oxygens (including phenoxy) is 1. The summed E-state index contributed by atoms with van der Waals surface area (Å²) in [4.78, 5) is 15.4. The quantitative estimate of drug-likeness (QED) is 0.847. The highest BCUT2D eigenvalue weighted by Crippen LogP contribution is 2.26. The number of hydrogen-bond donors (Lipinski definition) is 1. The molecule has 2 aromatic rings. The molecule has 0 saturated heterocycles. The van der Waals surface area contributed by atoms with Crippen LogP contribution < -0.4 is 5.32 Å². The van der Waals surface area contributed by atoms with E-state index in [1.54, 1.807) is 13.0 Å². The Balaban J connectivity index is 1.94. The molecule has 0 radical (unpaired) electrons. The number of hydrogen-bond acceptors (Lipinski definition) is 5. The van der Waals surface area contributed by atoms with Gasteiger partial charge in [-0.15, -0.1) is 0 Å². The van der Waals surface area contributed by atoms with E-state index in [1.165, 1.54) is 23.5 Å². The number of nitrogens with one attached hydrogen (secondary N) is 1. The van der Waals surface area contributed by atoms with E-state index in [0.717, 1.165) is 4.70 Å². The Morgan fingerprint density at radius 1 is 1.56 bits per heavy atom. The maximum atomic E-state index is 13.0. The maximum absolute atomic E-state index is 13.0. The van der Waals surface area contributed by atoms with E-state index < -0.39 is 0 Å². The third-order valence-corrected chi connectivity index (χ3v) is 3.25. The summed E-state index contributed by atoms with van der Waals surface area (Å²) in [6.45, 7) is 2.62. The highest BCUT2D eigenvalue weighted by Gasteiger charge is 2.06. The first kappa shape index (κ1) is 12.8. The third-order valence-electron chi connectivity index (χ3n) is 2.26. The largest absolute Gasteiger partial charge is 0.466 e. The summed E-state index contributed by atoms with van der Waals surface area (Å²) in [6.07, 6.45) is 0.290. The summed E-state index contributed by atoms with van der Waals surface area (Å²) < 4.78 is 18.7. The van der Waals surface area contributed by atoms with Crippen LogP contribution in [0.1, 0.15) is 13.3 Å². The molecule has 0 aliphatic rings. The molecule has 0 unspecified atom stereocenters. The zero-order valence-electron chi connectivity index (χ0n) is 9.90. The van der Waals surface area contributed by atoms with Gasteiger partial charge in [0, 0.05) is 12.6 Å². The molecule has 1 aromatic carbocycles. The minimum absolute atomic E-state index is 0.239. The molecule has 0 atom stereocenters. The Labute approximate surface area is 108 Å². The average molecular weight is 268 g/mol. The topological polar surface area (TPSA) is 51.2 Å². The van der Waals surface area contributed by atoms with E-state index in [1.807, 2.05) is 0 Å². The molecule has 1 heterocycles. The van der Waals surface area contributed by atoms with Gasteiger partial charge in [0.2, 0.25) is 0 Å². The van der Waals surface area contributed by atoms with Crippen molar-refractivity contribution in [1.82, 2.24) is 4.98 Å². The highest BCUT2D eigenvalue weighted by atomic mass is 32.1. The monoisotopic (exact) mass is 268 g/mol. The number of thiazole rings is 1. The standard InChI is InChI=1S/C12H13FN2O2S/c1-2-17-11(16)5-6-14-12-15-9-7-8(13)3-4-10(9)18-12/h3-4,7H,2,5-6H2,1H3,(H,14,15). The smallest absolute Gasteiger partial charge is 0.307 e. The first-order valence-corrected chi connectivity index (χ1v) is 6.46. The molecule has 2 rings (SSSR count). The van der Waals surface area contributed by atoms with Gasteiger partial charge in [0.05, 0.1) is 23.2 Å². The van der Waals surface area contributed by atoms with Crippen molar-refractivity contribution in [2.24, 2.45) is 0 Å². The first-order chi connectivity index (χ1) is 8.69. The molecule has 0 fully saturated rings. The fourth-order valence-corrected chi connectivity index (χ4v) is 2.35. The van der Waals surface area contributed by atoms with Crippen LogP contribution in [0.5, 0.6) is 0 Å². The zero-order chi connectivity index (χ0) is 13.0. The van der Waals surface area contributed by atoms with Crippen LogP contribution in [-0.2, 0) is 9.53 Å². The second kappa shape index (κ2) is 5.77. The SMILES string of the molecule is CCOC(=O)CCNc1nc2cc(F)ccc2s1. The minimum Gasteiger partial charge on any atom is -0.466 e. The molecule has 4 nitrogen and oxygen atoms in total. The lowest BCUT2D eigenvalue weighted by molar-refractivity contribution is -0.142. The minimum atomic E-state index is -0.300. The molecule has 0 aliphatic heterocycles. The average Bonchev–Trinajstić information content (AvgIpc) is 2.71. The number of fused-ring (bicyclic) bond motifs is 1. The predicted octanol–water partition coefficient (Wildman–Crippen LogP) is 2.80. The number of nitrogens with zero attached hydrogens (tertiary/aromatic N) is 1. The Kier molecular flexibility index (Phi) is 4.09. The molecule has 0 amide bonds. The summed E-state index contributed by atoms with van der Waals surface area (Å²) in [6, 6.07) is 4.49. The van der Waals surface area contributed by atoms with Gasteiger partial charge in [-0.1, -0.05) is 11.3 Å². The molecule has 0 saturated carbocycles. The number of carbonyl (C=O) groups excluding carboxylic acids is 1. The molecule has 6 heteroatoms. The summed E-state index contributed by atoms with van der Waals surface area (Å²) in [7, 11) is 0. The Hall–Kier alpha value is -1.69. The van der Waals surface area contributed by atoms with Crippen LogP contribution in [0.2, 0.25) is 0 Å². The van der Waals surface area contributed by atoms with E-state index >= 15 is 0 Å². The van der Waals surface area contributed by atoms with Gasteiger partial charge in [-0.2, -0.15) is 0 Å². The van der Waals surface area contributed by atoms with Crippen molar-refractivity contribution in [2.45, 2.75) is 13.3 Å². The van der Waals surface area contributed by atoms with Gasteiger partial charge >= 0.3 is 5.97 Å². The summed E-state index contributed by atoms with van der Waals surface area (Å²) in [5.74, 6) is -0.539. The molecular formula is C12H13FN2O2S. The van der Waals surface area contributed by atoms with Crippen molar-refractivity contribution >= 4 is 32.7 Å². The van der Waals surface area contributed by atoms with Gasteiger partial charge < -0.3 is 10.1 Å². The number of rotatable bonds is 5. The Bertz CT molecular complexity index is 556. The summed E-state index contributed by atoms with van der Waals surface area (Å²) in [5, 5.41) is 3.71. The Morgan fingerprint density at radius 3 is 3.17 bits per heavy atom. The number of aromatic nitrogens is 1. The normalized spacial score (nSPS) is 10.6. The number of halogens is 1. The molecular weight excluding hydrogens is 255 g/mol.